The van der Waals surface area contributed by atoms with Gasteiger partial charge in [0.2, 0.25) is 5.91 Å². The summed E-state index contributed by atoms with van der Waals surface area (Å²) in [5, 5.41) is 22.7. The molecule has 3 saturated heterocycles. The zero-order valence-electron chi connectivity index (χ0n) is 30.6. The van der Waals surface area contributed by atoms with Gasteiger partial charge in [0.05, 0.1) is 36.4 Å². The zero-order chi connectivity index (χ0) is 34.7. The van der Waals surface area contributed by atoms with Crippen molar-refractivity contribution in [2.75, 3.05) is 75.1 Å². The van der Waals surface area contributed by atoms with E-state index < -0.39 is 41.7 Å². The number of likely N-dealkylation sites (tertiary alicyclic amines) is 1. The number of ketones is 1. The Morgan fingerprint density at radius 2 is 1.74 bits per heavy atom. The number of carbonyl (C=O) groups is 2. The summed E-state index contributed by atoms with van der Waals surface area (Å²) in [5.74, 6) is -0.580. The molecule has 0 bridgehead atoms. The van der Waals surface area contributed by atoms with Gasteiger partial charge in [0.15, 0.2) is 12.6 Å². The van der Waals surface area contributed by atoms with Crippen molar-refractivity contribution < 1.29 is 38.7 Å². The minimum atomic E-state index is -1.37. The summed E-state index contributed by atoms with van der Waals surface area (Å²) in [4.78, 5) is 35.2. The number of Topliss-reactive ketones (excluding diaryl/α,β-unsaturated/α-hetero) is 1. The average Bonchev–Trinajstić information content (AvgIpc) is 3.45. The van der Waals surface area contributed by atoms with Crippen molar-refractivity contribution >= 4 is 11.7 Å². The predicted molar refractivity (Wildman–Crippen MR) is 176 cm³/mol. The van der Waals surface area contributed by atoms with Gasteiger partial charge in [-0.2, -0.15) is 0 Å². The van der Waals surface area contributed by atoms with Gasteiger partial charge in [0.25, 0.3) is 0 Å². The molecule has 0 aromatic heterocycles. The lowest BCUT2D eigenvalue weighted by Gasteiger charge is -2.47. The highest BCUT2D eigenvalue weighted by Crippen LogP contribution is 2.39. The summed E-state index contributed by atoms with van der Waals surface area (Å²) >= 11 is 0. The van der Waals surface area contributed by atoms with Crippen LogP contribution in [-0.2, 0) is 28.5 Å². The SMILES string of the molecule is CO[C@]1(C)C[C@@H](C)CN(C)[C@@H]([C@@H]2CCN(C(=O)CN(C)C)C2)COC(O)C(C)(C)C(=O)[C@H](C)[C@H]1O[C@@H]1O[C@H](C)C[C@H](N(C)C)[C@H]1O. The molecule has 0 aromatic rings. The maximum Gasteiger partial charge on any atom is 0.236 e. The maximum absolute atomic E-state index is 14.3. The van der Waals surface area contributed by atoms with Crippen LogP contribution in [-0.4, -0.2) is 165 Å². The Morgan fingerprint density at radius 1 is 1.09 bits per heavy atom. The van der Waals surface area contributed by atoms with Gasteiger partial charge >= 0.3 is 0 Å². The van der Waals surface area contributed by atoms with Gasteiger partial charge in [-0.15, -0.1) is 0 Å². The first-order valence-corrected chi connectivity index (χ1v) is 17.0. The Kier molecular flexibility index (Phi) is 13.6. The highest BCUT2D eigenvalue weighted by atomic mass is 16.7. The second-order valence-corrected chi connectivity index (χ2v) is 15.6. The van der Waals surface area contributed by atoms with Crippen molar-refractivity contribution in [3.63, 3.8) is 0 Å². The van der Waals surface area contributed by atoms with Crippen molar-refractivity contribution in [2.45, 2.75) is 109 Å². The number of aliphatic hydroxyl groups excluding tert-OH is 2. The van der Waals surface area contributed by atoms with Gasteiger partial charge in [-0.3, -0.25) is 9.59 Å². The second-order valence-electron chi connectivity index (χ2n) is 15.6. The fourth-order valence-electron chi connectivity index (χ4n) is 7.85. The third kappa shape index (κ3) is 9.06. The molecule has 3 aliphatic rings. The number of rotatable bonds is 7. The number of likely N-dealkylation sites (N-methyl/N-ethyl adjacent to an activating group) is 3. The van der Waals surface area contributed by atoms with Crippen LogP contribution in [0.15, 0.2) is 0 Å². The van der Waals surface area contributed by atoms with Gasteiger partial charge in [-0.05, 0) is 94.0 Å². The molecule has 11 atom stereocenters. The average molecular weight is 657 g/mol. The highest BCUT2D eigenvalue weighted by Gasteiger charge is 2.51. The summed E-state index contributed by atoms with van der Waals surface area (Å²) in [6.45, 7) is 13.9. The first-order chi connectivity index (χ1) is 21.3. The number of carbonyl (C=O) groups excluding carboxylic acids is 2. The molecule has 3 heterocycles. The fraction of sp³-hybridized carbons (Fsp3) is 0.941. The van der Waals surface area contributed by atoms with Crippen LogP contribution in [0.4, 0.5) is 0 Å². The fourth-order valence-corrected chi connectivity index (χ4v) is 7.85. The Hall–Kier alpha value is -1.22. The largest absolute Gasteiger partial charge is 0.386 e. The van der Waals surface area contributed by atoms with Crippen LogP contribution in [0.25, 0.3) is 0 Å². The molecule has 3 fully saturated rings. The van der Waals surface area contributed by atoms with Crippen molar-refractivity contribution in [3.8, 4) is 0 Å². The van der Waals surface area contributed by atoms with E-state index >= 15 is 0 Å². The van der Waals surface area contributed by atoms with Crippen molar-refractivity contribution in [1.82, 2.24) is 19.6 Å². The molecule has 3 aliphatic heterocycles. The Bertz CT molecular complexity index is 1010. The van der Waals surface area contributed by atoms with E-state index in [1.165, 1.54) is 0 Å². The summed E-state index contributed by atoms with van der Waals surface area (Å²) in [7, 11) is 11.3. The lowest BCUT2D eigenvalue weighted by atomic mass is 9.74. The lowest BCUT2D eigenvalue weighted by Crippen LogP contribution is -2.59. The van der Waals surface area contributed by atoms with Crippen molar-refractivity contribution in [3.05, 3.63) is 0 Å². The van der Waals surface area contributed by atoms with Crippen LogP contribution in [0.2, 0.25) is 0 Å². The smallest absolute Gasteiger partial charge is 0.236 e. The number of amides is 1. The molecule has 268 valence electrons. The molecule has 1 unspecified atom stereocenters. The minimum absolute atomic E-state index is 0.0746. The lowest BCUT2D eigenvalue weighted by molar-refractivity contribution is -0.296. The number of hydrogen-bond acceptors (Lipinski definition) is 11. The molecule has 0 spiro atoms. The summed E-state index contributed by atoms with van der Waals surface area (Å²) in [6, 6.07) is -0.251. The molecule has 0 radical (unpaired) electrons. The van der Waals surface area contributed by atoms with Gasteiger partial charge in [0, 0.05) is 44.7 Å². The molecule has 1 amide bonds. The Morgan fingerprint density at radius 3 is 2.33 bits per heavy atom. The molecule has 46 heavy (non-hydrogen) atoms. The standard InChI is InChI=1S/C34H64N4O8/c1-21-16-34(6,43-12)30(46-31-28(40)25(36(9)10)15-22(2)45-31)23(3)29(41)33(4,5)32(42)44-20-26(37(11)17-21)24-13-14-38(18-24)27(39)19-35(7)8/h21-26,28,30-32,40,42H,13-20H2,1-12H3/t21-,22-,23+,24-,25+,26-,28-,30-,31+,32?,34-/m1/s1. The van der Waals surface area contributed by atoms with Gasteiger partial charge in [0.1, 0.15) is 11.9 Å². The molecule has 2 N–H and O–H groups in total. The Labute approximate surface area is 277 Å². The van der Waals surface area contributed by atoms with E-state index in [-0.39, 0.29) is 48.3 Å². The normalized spacial score (nSPS) is 40.5. The molecule has 0 aromatic carbocycles. The quantitative estimate of drug-likeness (QED) is 0.415. The van der Waals surface area contributed by atoms with Crippen LogP contribution in [0, 0.1) is 23.2 Å². The second kappa shape index (κ2) is 16.0. The van der Waals surface area contributed by atoms with E-state index in [0.717, 1.165) is 6.42 Å². The zero-order valence-corrected chi connectivity index (χ0v) is 30.6. The van der Waals surface area contributed by atoms with Crippen LogP contribution in [0.1, 0.15) is 60.8 Å². The number of methoxy groups -OCH3 is 1. The Balaban J connectivity index is 1.94. The van der Waals surface area contributed by atoms with Gasteiger partial charge in [-0.1, -0.05) is 13.8 Å². The number of hydrogen-bond donors (Lipinski definition) is 2. The van der Waals surface area contributed by atoms with Crippen LogP contribution in [0.3, 0.4) is 0 Å². The first-order valence-electron chi connectivity index (χ1n) is 17.0. The third-order valence-electron chi connectivity index (χ3n) is 10.7. The van der Waals surface area contributed by atoms with E-state index in [0.29, 0.717) is 39.0 Å². The maximum atomic E-state index is 14.3. The van der Waals surface area contributed by atoms with E-state index in [2.05, 4.69) is 18.9 Å². The number of aliphatic hydroxyl groups is 2. The van der Waals surface area contributed by atoms with Crippen LogP contribution in [0.5, 0.6) is 0 Å². The van der Waals surface area contributed by atoms with Crippen LogP contribution >= 0.6 is 0 Å². The number of ether oxygens (including phenoxy) is 4. The summed E-state index contributed by atoms with van der Waals surface area (Å²) in [5.41, 5.74) is -2.20. The molecule has 12 nitrogen and oxygen atoms in total. The monoisotopic (exact) mass is 656 g/mol. The molecule has 0 aliphatic carbocycles. The van der Waals surface area contributed by atoms with Gasteiger partial charge in [-0.25, -0.2) is 0 Å². The van der Waals surface area contributed by atoms with Crippen LogP contribution < -0.4 is 0 Å². The topological polar surface area (TPSA) is 124 Å². The molecule has 0 saturated carbocycles. The van der Waals surface area contributed by atoms with E-state index in [1.807, 2.05) is 56.7 Å². The third-order valence-corrected chi connectivity index (χ3v) is 10.7. The molecular formula is C34H64N4O8. The summed E-state index contributed by atoms with van der Waals surface area (Å²) < 4.78 is 25.2. The predicted octanol–water partition coefficient (Wildman–Crippen LogP) is 1.52. The van der Waals surface area contributed by atoms with E-state index in [1.54, 1.807) is 27.9 Å². The van der Waals surface area contributed by atoms with Crippen molar-refractivity contribution in [1.29, 1.82) is 0 Å². The van der Waals surface area contributed by atoms with Gasteiger partial charge < -0.3 is 48.8 Å². The molecule has 12 heteroatoms. The number of nitrogens with zero attached hydrogens (tertiary/aromatic N) is 4. The van der Waals surface area contributed by atoms with E-state index in [9.17, 15) is 19.8 Å². The molecule has 3 rings (SSSR count). The summed E-state index contributed by atoms with van der Waals surface area (Å²) in [6.07, 6.45) is -2.15. The first kappa shape index (κ1) is 39.2. The molecular weight excluding hydrogens is 592 g/mol. The van der Waals surface area contributed by atoms with E-state index in [4.69, 9.17) is 18.9 Å². The minimum Gasteiger partial charge on any atom is -0.386 e. The van der Waals surface area contributed by atoms with Crippen molar-refractivity contribution in [2.24, 2.45) is 23.2 Å². The highest BCUT2D eigenvalue weighted by molar-refractivity contribution is 5.87.